The van der Waals surface area contributed by atoms with Gasteiger partial charge in [-0.2, -0.15) is 18.3 Å². The van der Waals surface area contributed by atoms with Crippen molar-refractivity contribution >= 4 is 16.9 Å². The highest BCUT2D eigenvalue weighted by Gasteiger charge is 2.37. The first-order valence-corrected chi connectivity index (χ1v) is 11.2. The number of halogens is 3. The fourth-order valence-electron chi connectivity index (χ4n) is 4.26. The monoisotopic (exact) mass is 467 g/mol. The summed E-state index contributed by atoms with van der Waals surface area (Å²) in [5, 5.41) is 7.13. The van der Waals surface area contributed by atoms with Gasteiger partial charge in [-0.25, -0.2) is 9.67 Å². The number of pyridine rings is 1. The highest BCUT2D eigenvalue weighted by Crippen LogP contribution is 2.43. The van der Waals surface area contributed by atoms with E-state index in [0.717, 1.165) is 30.2 Å². The van der Waals surface area contributed by atoms with Gasteiger partial charge >= 0.3 is 6.18 Å². The molecule has 9 heteroatoms. The quantitative estimate of drug-likeness (QED) is 0.418. The van der Waals surface area contributed by atoms with E-state index in [1.165, 1.54) is 11.6 Å². The van der Waals surface area contributed by atoms with E-state index in [1.54, 1.807) is 0 Å². The molecule has 1 amide bonds. The number of benzene rings is 1. The minimum Gasteiger partial charge on any atom is -0.348 e. The average molecular weight is 467 g/mol. The molecule has 1 aliphatic rings. The van der Waals surface area contributed by atoms with Crippen LogP contribution < -0.4 is 5.32 Å². The minimum absolute atomic E-state index is 0.0376. The number of nitrogens with zero attached hydrogens (tertiary/aromatic N) is 4. The standard InChI is InChI=1S/C25H24F3N5O/c1-15(18-6-5-7-19(12-18)32-10-3-4-11-32)29-22(34)14-33-24-23(16(2)31-33)20(25(26,27)28)13-21(30-24)17-8-9-17/h3-7,10-13,15,17H,8-9,14H2,1-2H3,(H,29,34). The maximum absolute atomic E-state index is 13.8. The highest BCUT2D eigenvalue weighted by molar-refractivity contribution is 5.85. The minimum atomic E-state index is -4.52. The molecule has 1 atom stereocenters. The SMILES string of the molecule is Cc1nn(CC(=O)NC(C)c2cccc(-n3cccc3)c2)c2nc(C3CC3)cc(C(F)(F)F)c12. The van der Waals surface area contributed by atoms with Crippen LogP contribution in [0.15, 0.2) is 54.9 Å². The Morgan fingerprint density at radius 1 is 1.18 bits per heavy atom. The normalized spacial score (nSPS) is 15.0. The Morgan fingerprint density at radius 3 is 2.59 bits per heavy atom. The molecule has 1 N–H and O–H groups in total. The second-order valence-corrected chi connectivity index (χ2v) is 8.78. The maximum atomic E-state index is 13.8. The smallest absolute Gasteiger partial charge is 0.348 e. The van der Waals surface area contributed by atoms with E-state index in [2.05, 4.69) is 15.4 Å². The Labute approximate surface area is 194 Å². The number of carbonyl (C=O) groups excluding carboxylic acids is 1. The van der Waals surface area contributed by atoms with Crippen molar-refractivity contribution in [2.75, 3.05) is 0 Å². The lowest BCUT2D eigenvalue weighted by Gasteiger charge is -2.16. The van der Waals surface area contributed by atoms with Gasteiger partial charge in [0, 0.05) is 29.7 Å². The van der Waals surface area contributed by atoms with Crippen molar-refractivity contribution in [1.82, 2.24) is 24.6 Å². The van der Waals surface area contributed by atoms with Crippen molar-refractivity contribution in [3.05, 3.63) is 77.4 Å². The van der Waals surface area contributed by atoms with Crippen molar-refractivity contribution in [1.29, 1.82) is 0 Å². The van der Waals surface area contributed by atoms with Gasteiger partial charge in [0.2, 0.25) is 5.91 Å². The number of alkyl halides is 3. The van der Waals surface area contributed by atoms with Crippen LogP contribution in [0.5, 0.6) is 0 Å². The van der Waals surface area contributed by atoms with Crippen LogP contribution in [-0.2, 0) is 17.5 Å². The second-order valence-electron chi connectivity index (χ2n) is 8.78. The molecular formula is C25H24F3N5O. The van der Waals surface area contributed by atoms with Gasteiger partial charge in [0.05, 0.1) is 22.7 Å². The molecule has 1 unspecified atom stereocenters. The van der Waals surface area contributed by atoms with E-state index < -0.39 is 11.7 Å². The summed E-state index contributed by atoms with van der Waals surface area (Å²) in [6, 6.07) is 12.5. The summed E-state index contributed by atoms with van der Waals surface area (Å²) < 4.78 is 44.6. The summed E-state index contributed by atoms with van der Waals surface area (Å²) in [4.78, 5) is 17.3. The fourth-order valence-corrected chi connectivity index (χ4v) is 4.26. The third-order valence-corrected chi connectivity index (χ3v) is 6.14. The van der Waals surface area contributed by atoms with Crippen LogP contribution >= 0.6 is 0 Å². The highest BCUT2D eigenvalue weighted by atomic mass is 19.4. The summed E-state index contributed by atoms with van der Waals surface area (Å²) >= 11 is 0. The number of aryl methyl sites for hydroxylation is 1. The molecule has 1 saturated carbocycles. The molecule has 1 fully saturated rings. The summed E-state index contributed by atoms with van der Waals surface area (Å²) in [7, 11) is 0. The molecule has 0 bridgehead atoms. The second kappa shape index (κ2) is 8.30. The summed E-state index contributed by atoms with van der Waals surface area (Å²) in [5.74, 6) is -0.314. The maximum Gasteiger partial charge on any atom is 0.417 e. The molecule has 0 aliphatic heterocycles. The zero-order chi connectivity index (χ0) is 24.0. The number of hydrogen-bond donors (Lipinski definition) is 1. The third kappa shape index (κ3) is 4.30. The van der Waals surface area contributed by atoms with Gasteiger partial charge in [0.25, 0.3) is 0 Å². The number of nitrogens with one attached hydrogen (secondary N) is 1. The van der Waals surface area contributed by atoms with E-state index >= 15 is 0 Å². The number of hydrogen-bond acceptors (Lipinski definition) is 3. The van der Waals surface area contributed by atoms with Crippen molar-refractivity contribution < 1.29 is 18.0 Å². The molecule has 0 saturated heterocycles. The van der Waals surface area contributed by atoms with E-state index in [-0.39, 0.29) is 41.1 Å². The molecule has 1 aliphatic carbocycles. The Kier molecular flexibility index (Phi) is 5.42. The van der Waals surface area contributed by atoms with Gasteiger partial charge in [-0.15, -0.1) is 0 Å². The van der Waals surface area contributed by atoms with Gasteiger partial charge in [0.1, 0.15) is 6.54 Å². The number of fused-ring (bicyclic) bond motifs is 1. The molecule has 176 valence electrons. The summed E-state index contributed by atoms with van der Waals surface area (Å²) in [5.41, 5.74) is 1.86. The number of amides is 1. The van der Waals surface area contributed by atoms with E-state index in [0.29, 0.717) is 5.69 Å². The Morgan fingerprint density at radius 2 is 1.91 bits per heavy atom. The average Bonchev–Trinajstić information content (AvgIpc) is 3.41. The first-order valence-electron chi connectivity index (χ1n) is 11.2. The molecule has 1 aromatic carbocycles. The van der Waals surface area contributed by atoms with Crippen molar-refractivity contribution in [3.8, 4) is 5.69 Å². The van der Waals surface area contributed by atoms with Crippen molar-refractivity contribution in [2.45, 2.75) is 51.4 Å². The van der Waals surface area contributed by atoms with E-state index in [4.69, 9.17) is 0 Å². The lowest BCUT2D eigenvalue weighted by atomic mass is 10.1. The molecule has 0 spiro atoms. The van der Waals surface area contributed by atoms with Crippen LogP contribution in [0.4, 0.5) is 13.2 Å². The van der Waals surface area contributed by atoms with E-state index in [9.17, 15) is 18.0 Å². The summed E-state index contributed by atoms with van der Waals surface area (Å²) in [6.45, 7) is 3.16. The topological polar surface area (TPSA) is 64.7 Å². The lowest BCUT2D eigenvalue weighted by molar-refractivity contribution is -0.136. The van der Waals surface area contributed by atoms with Crippen LogP contribution in [0.1, 0.15) is 54.2 Å². The van der Waals surface area contributed by atoms with Crippen molar-refractivity contribution in [3.63, 3.8) is 0 Å². The van der Waals surface area contributed by atoms with Crippen LogP contribution in [0.25, 0.3) is 16.7 Å². The number of carbonyl (C=O) groups is 1. The van der Waals surface area contributed by atoms with Gasteiger partial charge in [0.15, 0.2) is 5.65 Å². The first kappa shape index (κ1) is 22.2. The largest absolute Gasteiger partial charge is 0.417 e. The molecule has 34 heavy (non-hydrogen) atoms. The molecule has 5 rings (SSSR count). The van der Waals surface area contributed by atoms with Gasteiger partial charge in [-0.05, 0) is 62.6 Å². The molecular weight excluding hydrogens is 443 g/mol. The van der Waals surface area contributed by atoms with E-state index in [1.807, 2.05) is 60.3 Å². The molecule has 6 nitrogen and oxygen atoms in total. The fraction of sp³-hybridized carbons (Fsp3) is 0.320. The van der Waals surface area contributed by atoms with Gasteiger partial charge in [-0.3, -0.25) is 4.79 Å². The Hall–Kier alpha value is -3.62. The third-order valence-electron chi connectivity index (χ3n) is 6.14. The van der Waals surface area contributed by atoms with Crippen LogP contribution in [0, 0.1) is 6.92 Å². The molecule has 4 aromatic rings. The molecule has 3 aromatic heterocycles. The zero-order valence-electron chi connectivity index (χ0n) is 18.8. The summed E-state index contributed by atoms with van der Waals surface area (Å²) in [6.07, 6.45) is 0.994. The predicted octanol–water partition coefficient (Wildman–Crippen LogP) is 5.30. The van der Waals surface area contributed by atoms with Crippen LogP contribution in [-0.4, -0.2) is 25.2 Å². The number of rotatable bonds is 6. The van der Waals surface area contributed by atoms with Gasteiger partial charge < -0.3 is 9.88 Å². The molecule has 0 radical (unpaired) electrons. The van der Waals surface area contributed by atoms with Crippen LogP contribution in [0.3, 0.4) is 0 Å². The predicted molar refractivity (Wildman–Crippen MR) is 122 cm³/mol. The Bertz CT molecular complexity index is 1350. The Balaban J connectivity index is 1.40. The van der Waals surface area contributed by atoms with Gasteiger partial charge in [-0.1, -0.05) is 12.1 Å². The lowest BCUT2D eigenvalue weighted by Crippen LogP contribution is -2.30. The van der Waals surface area contributed by atoms with Crippen LogP contribution in [0.2, 0.25) is 0 Å². The number of aromatic nitrogens is 4. The molecule has 3 heterocycles. The zero-order valence-corrected chi connectivity index (χ0v) is 18.8. The van der Waals surface area contributed by atoms with Crippen molar-refractivity contribution in [2.24, 2.45) is 0 Å². The first-order chi connectivity index (χ1) is 16.2.